The number of carbonyl (C=O) groups excluding carboxylic acids is 1. The lowest BCUT2D eigenvalue weighted by Gasteiger charge is -2.06. The number of carbonyl (C=O) groups is 1. The van der Waals surface area contributed by atoms with E-state index in [1.165, 1.54) is 12.1 Å². The van der Waals surface area contributed by atoms with Gasteiger partial charge in [-0.2, -0.15) is 0 Å². The molecule has 1 aromatic heterocycles. The van der Waals surface area contributed by atoms with Crippen molar-refractivity contribution in [2.24, 2.45) is 0 Å². The Morgan fingerprint density at radius 2 is 2.04 bits per heavy atom. The second kappa shape index (κ2) is 8.96. The van der Waals surface area contributed by atoms with Crippen molar-refractivity contribution < 1.29 is 9.18 Å². The Morgan fingerprint density at radius 1 is 1.23 bits per heavy atom. The number of thiazole rings is 1. The van der Waals surface area contributed by atoms with E-state index in [-0.39, 0.29) is 11.7 Å². The van der Waals surface area contributed by atoms with Crippen molar-refractivity contribution >= 4 is 29.0 Å². The number of benzene rings is 2. The molecule has 6 heteroatoms. The summed E-state index contributed by atoms with van der Waals surface area (Å²) in [5.74, 6) is 0.451. The molecule has 0 bridgehead atoms. The molecule has 0 spiro atoms. The summed E-state index contributed by atoms with van der Waals surface area (Å²) in [5, 5.41) is 6.02. The fourth-order valence-corrected chi connectivity index (χ4v) is 3.96. The zero-order valence-corrected chi connectivity index (χ0v) is 16.0. The Morgan fingerprint density at radius 3 is 2.73 bits per heavy atom. The molecule has 0 aliphatic rings. The molecule has 3 rings (SSSR count). The minimum atomic E-state index is -0.255. The summed E-state index contributed by atoms with van der Waals surface area (Å²) in [6.45, 7) is 2.47. The van der Waals surface area contributed by atoms with Gasteiger partial charge in [-0.3, -0.25) is 4.79 Å². The third kappa shape index (κ3) is 5.41. The zero-order chi connectivity index (χ0) is 18.4. The molecule has 0 fully saturated rings. The Bertz CT molecular complexity index is 878. The Labute approximate surface area is 160 Å². The van der Waals surface area contributed by atoms with Crippen LogP contribution in [0.25, 0.3) is 0 Å². The number of aryl methyl sites for hydroxylation is 1. The molecule has 134 valence electrons. The fraction of sp³-hybridized carbons (Fsp3) is 0.200. The van der Waals surface area contributed by atoms with E-state index in [0.717, 1.165) is 26.9 Å². The van der Waals surface area contributed by atoms with Crippen molar-refractivity contribution in [1.29, 1.82) is 0 Å². The molecule has 0 aliphatic heterocycles. The van der Waals surface area contributed by atoms with E-state index in [9.17, 15) is 9.18 Å². The van der Waals surface area contributed by atoms with Gasteiger partial charge in [0, 0.05) is 28.1 Å². The largest absolute Gasteiger partial charge is 0.352 e. The van der Waals surface area contributed by atoms with Gasteiger partial charge < -0.3 is 5.32 Å². The minimum absolute atomic E-state index is 0.118. The summed E-state index contributed by atoms with van der Waals surface area (Å²) in [4.78, 5) is 17.7. The SMILES string of the molecule is Cc1nc(CSc2ccc(C(=O)NCCc3cccc(F)c3)cc2)cs1. The van der Waals surface area contributed by atoms with Crippen LogP contribution < -0.4 is 5.32 Å². The average Bonchev–Trinajstić information content (AvgIpc) is 3.06. The van der Waals surface area contributed by atoms with Crippen molar-refractivity contribution in [2.45, 2.75) is 24.0 Å². The highest BCUT2D eigenvalue weighted by atomic mass is 32.2. The lowest BCUT2D eigenvalue weighted by atomic mass is 10.1. The van der Waals surface area contributed by atoms with Crippen molar-refractivity contribution in [2.75, 3.05) is 6.54 Å². The summed E-state index contributed by atoms with van der Waals surface area (Å²) in [7, 11) is 0. The first-order chi connectivity index (χ1) is 12.6. The summed E-state index contributed by atoms with van der Waals surface area (Å²) < 4.78 is 13.1. The zero-order valence-electron chi connectivity index (χ0n) is 14.4. The quantitative estimate of drug-likeness (QED) is 0.590. The average molecular weight is 387 g/mol. The van der Waals surface area contributed by atoms with Gasteiger partial charge in [0.25, 0.3) is 5.91 Å². The standard InChI is InChI=1S/C20H19FN2OS2/c1-14-23-18(12-25-14)13-26-19-7-5-16(6-8-19)20(24)22-10-9-15-3-2-4-17(21)11-15/h2-8,11-12H,9-10,13H2,1H3,(H,22,24). The van der Waals surface area contributed by atoms with E-state index >= 15 is 0 Å². The van der Waals surface area contributed by atoms with Crippen LogP contribution in [0.3, 0.4) is 0 Å². The fourth-order valence-electron chi connectivity index (χ4n) is 2.45. The number of hydrogen-bond donors (Lipinski definition) is 1. The maximum atomic E-state index is 13.1. The molecule has 1 amide bonds. The lowest BCUT2D eigenvalue weighted by Crippen LogP contribution is -2.25. The Kier molecular flexibility index (Phi) is 6.41. The highest BCUT2D eigenvalue weighted by Crippen LogP contribution is 2.23. The van der Waals surface area contributed by atoms with Crippen molar-refractivity contribution in [3.05, 3.63) is 81.6 Å². The Balaban J connectivity index is 1.47. The molecule has 26 heavy (non-hydrogen) atoms. The van der Waals surface area contributed by atoms with Gasteiger partial charge in [-0.1, -0.05) is 12.1 Å². The van der Waals surface area contributed by atoms with Crippen molar-refractivity contribution in [3.8, 4) is 0 Å². The second-order valence-corrected chi connectivity index (χ2v) is 7.92. The number of nitrogens with zero attached hydrogens (tertiary/aromatic N) is 1. The van der Waals surface area contributed by atoms with Crippen LogP contribution in [-0.4, -0.2) is 17.4 Å². The molecule has 0 saturated carbocycles. The lowest BCUT2D eigenvalue weighted by molar-refractivity contribution is 0.0954. The molecular formula is C20H19FN2OS2. The van der Waals surface area contributed by atoms with Crippen LogP contribution >= 0.6 is 23.1 Å². The smallest absolute Gasteiger partial charge is 0.251 e. The summed E-state index contributed by atoms with van der Waals surface area (Å²) in [5.41, 5.74) is 2.57. The van der Waals surface area contributed by atoms with Gasteiger partial charge >= 0.3 is 0 Å². The first kappa shape index (κ1) is 18.6. The Hall–Kier alpha value is -2.18. The second-order valence-electron chi connectivity index (χ2n) is 5.81. The van der Waals surface area contributed by atoms with E-state index in [0.29, 0.717) is 18.5 Å². The number of hydrogen-bond acceptors (Lipinski definition) is 4. The van der Waals surface area contributed by atoms with Crippen LogP contribution in [-0.2, 0) is 12.2 Å². The van der Waals surface area contributed by atoms with Crippen molar-refractivity contribution in [1.82, 2.24) is 10.3 Å². The number of aromatic nitrogens is 1. The van der Waals surface area contributed by atoms with E-state index in [4.69, 9.17) is 0 Å². The summed E-state index contributed by atoms with van der Waals surface area (Å²) in [6.07, 6.45) is 0.602. The van der Waals surface area contributed by atoms with Crippen molar-refractivity contribution in [3.63, 3.8) is 0 Å². The molecule has 0 atom stereocenters. The van der Waals surface area contributed by atoms with E-state index < -0.39 is 0 Å². The number of thioether (sulfide) groups is 1. The molecule has 3 nitrogen and oxygen atoms in total. The first-order valence-corrected chi connectivity index (χ1v) is 10.1. The number of amides is 1. The number of nitrogens with one attached hydrogen (secondary N) is 1. The topological polar surface area (TPSA) is 42.0 Å². The summed E-state index contributed by atoms with van der Waals surface area (Å²) in [6, 6.07) is 14.0. The highest BCUT2D eigenvalue weighted by molar-refractivity contribution is 7.98. The molecule has 2 aromatic carbocycles. The predicted octanol–water partition coefficient (Wildman–Crippen LogP) is 4.86. The third-order valence-corrected chi connectivity index (χ3v) is 5.63. The minimum Gasteiger partial charge on any atom is -0.352 e. The van der Waals surface area contributed by atoms with Gasteiger partial charge in [0.15, 0.2) is 0 Å². The van der Waals surface area contributed by atoms with Gasteiger partial charge in [-0.15, -0.1) is 23.1 Å². The van der Waals surface area contributed by atoms with Gasteiger partial charge in [0.2, 0.25) is 0 Å². The van der Waals surface area contributed by atoms with Crippen LogP contribution in [0, 0.1) is 12.7 Å². The molecule has 0 unspecified atom stereocenters. The van der Waals surface area contributed by atoms with Gasteiger partial charge in [-0.25, -0.2) is 9.37 Å². The number of halogens is 1. The van der Waals surface area contributed by atoms with Crippen LogP contribution in [0.4, 0.5) is 4.39 Å². The van der Waals surface area contributed by atoms with Gasteiger partial charge in [0.1, 0.15) is 5.82 Å². The normalized spacial score (nSPS) is 10.7. The van der Waals surface area contributed by atoms with Gasteiger partial charge in [0.05, 0.1) is 10.7 Å². The molecule has 3 aromatic rings. The molecule has 0 saturated heterocycles. The maximum absolute atomic E-state index is 13.1. The number of rotatable bonds is 7. The van der Waals surface area contributed by atoms with Crippen LogP contribution in [0.5, 0.6) is 0 Å². The molecule has 1 heterocycles. The van der Waals surface area contributed by atoms with Crippen LogP contribution in [0.1, 0.15) is 26.6 Å². The maximum Gasteiger partial charge on any atom is 0.251 e. The third-order valence-electron chi connectivity index (χ3n) is 3.76. The molecule has 0 aliphatic carbocycles. The first-order valence-electron chi connectivity index (χ1n) is 8.27. The van der Waals surface area contributed by atoms with Gasteiger partial charge in [-0.05, 0) is 55.3 Å². The van der Waals surface area contributed by atoms with E-state index in [2.05, 4.69) is 15.7 Å². The van der Waals surface area contributed by atoms with Crippen LogP contribution in [0.2, 0.25) is 0 Å². The van der Waals surface area contributed by atoms with E-state index in [1.54, 1.807) is 29.2 Å². The molecule has 1 N–H and O–H groups in total. The summed E-state index contributed by atoms with van der Waals surface area (Å²) >= 11 is 3.36. The monoisotopic (exact) mass is 386 g/mol. The van der Waals surface area contributed by atoms with E-state index in [1.807, 2.05) is 37.3 Å². The molecule has 0 radical (unpaired) electrons. The highest BCUT2D eigenvalue weighted by Gasteiger charge is 2.06. The predicted molar refractivity (Wildman–Crippen MR) is 105 cm³/mol. The molecular weight excluding hydrogens is 367 g/mol. The van der Waals surface area contributed by atoms with Crippen LogP contribution in [0.15, 0.2) is 58.8 Å².